The normalized spacial score (nSPS) is 11.8. The first-order valence-corrected chi connectivity index (χ1v) is 6.68. The molecule has 20 heavy (non-hydrogen) atoms. The second-order valence-corrected chi connectivity index (χ2v) is 5.02. The van der Waals surface area contributed by atoms with Crippen molar-refractivity contribution in [3.8, 4) is 0 Å². The van der Waals surface area contributed by atoms with Crippen LogP contribution in [0.1, 0.15) is 12.5 Å². The number of nitrogens with one attached hydrogen (secondary N) is 2. The number of pyridine rings is 1. The number of carbonyl (C=O) groups is 1. The highest BCUT2D eigenvalue weighted by Gasteiger charge is 2.13. The number of hydrogen-bond donors (Lipinski definition) is 2. The van der Waals surface area contributed by atoms with E-state index in [0.29, 0.717) is 10.8 Å². The summed E-state index contributed by atoms with van der Waals surface area (Å²) in [5.74, 6) is 0.332. The van der Waals surface area contributed by atoms with Crippen LogP contribution in [0.2, 0.25) is 5.02 Å². The van der Waals surface area contributed by atoms with Crippen molar-refractivity contribution in [3.63, 3.8) is 0 Å². The van der Waals surface area contributed by atoms with Gasteiger partial charge in [-0.05, 0) is 43.7 Å². The van der Waals surface area contributed by atoms with Gasteiger partial charge in [0, 0.05) is 11.9 Å². The maximum Gasteiger partial charge on any atom is 0.247 e. The van der Waals surface area contributed by atoms with Crippen molar-refractivity contribution >= 4 is 29.0 Å². The van der Waals surface area contributed by atoms with Gasteiger partial charge < -0.3 is 10.6 Å². The number of carbonyl (C=O) groups excluding carboxylic acids is 1. The molecule has 0 saturated heterocycles. The fourth-order valence-corrected chi connectivity index (χ4v) is 1.85. The van der Waals surface area contributed by atoms with E-state index in [-0.39, 0.29) is 11.9 Å². The summed E-state index contributed by atoms with van der Waals surface area (Å²) in [5.41, 5.74) is 2.05. The summed E-state index contributed by atoms with van der Waals surface area (Å²) >= 11 is 5.75. The van der Waals surface area contributed by atoms with E-state index in [1.807, 2.05) is 31.2 Å². The molecule has 4 nitrogen and oxygen atoms in total. The Hall–Kier alpha value is -2.07. The molecule has 104 valence electrons. The summed E-state index contributed by atoms with van der Waals surface area (Å²) < 4.78 is 0. The number of amides is 1. The minimum atomic E-state index is -0.366. The first kappa shape index (κ1) is 14.3. The Morgan fingerprint density at radius 1 is 1.30 bits per heavy atom. The van der Waals surface area contributed by atoms with Gasteiger partial charge in [0.25, 0.3) is 0 Å². The number of rotatable bonds is 4. The van der Waals surface area contributed by atoms with Crippen molar-refractivity contribution in [2.24, 2.45) is 0 Å². The van der Waals surface area contributed by atoms with Crippen molar-refractivity contribution in [2.75, 3.05) is 10.6 Å². The molecule has 1 aromatic heterocycles. The van der Waals surface area contributed by atoms with Gasteiger partial charge in [0.05, 0.1) is 5.02 Å². The molecule has 5 heteroatoms. The zero-order chi connectivity index (χ0) is 14.5. The molecule has 2 N–H and O–H groups in total. The summed E-state index contributed by atoms with van der Waals surface area (Å²) in [4.78, 5) is 16.1. The van der Waals surface area contributed by atoms with Crippen molar-refractivity contribution in [1.82, 2.24) is 4.98 Å². The molecule has 1 heterocycles. The largest absolute Gasteiger partial charge is 0.374 e. The van der Waals surface area contributed by atoms with E-state index in [9.17, 15) is 4.79 Å². The second-order valence-electron chi connectivity index (χ2n) is 4.59. The second kappa shape index (κ2) is 6.39. The fourth-order valence-electron chi connectivity index (χ4n) is 1.73. The van der Waals surface area contributed by atoms with E-state index in [1.165, 1.54) is 6.20 Å². The quantitative estimate of drug-likeness (QED) is 0.906. The van der Waals surface area contributed by atoms with Gasteiger partial charge in [-0.2, -0.15) is 0 Å². The highest BCUT2D eigenvalue weighted by atomic mass is 35.5. The van der Waals surface area contributed by atoms with E-state index in [2.05, 4.69) is 15.6 Å². The molecule has 0 unspecified atom stereocenters. The Morgan fingerprint density at radius 3 is 2.75 bits per heavy atom. The number of nitrogens with zero attached hydrogens (tertiary/aromatic N) is 1. The van der Waals surface area contributed by atoms with Crippen molar-refractivity contribution < 1.29 is 4.79 Å². The Balaban J connectivity index is 1.96. The van der Waals surface area contributed by atoms with Crippen LogP contribution >= 0.6 is 11.6 Å². The summed E-state index contributed by atoms with van der Waals surface area (Å²) in [7, 11) is 0. The third-order valence-electron chi connectivity index (χ3n) is 2.77. The monoisotopic (exact) mass is 289 g/mol. The molecule has 1 atom stereocenters. The Labute approximate surface area is 123 Å². The van der Waals surface area contributed by atoms with E-state index < -0.39 is 0 Å². The molecule has 0 aliphatic heterocycles. The van der Waals surface area contributed by atoms with E-state index in [4.69, 9.17) is 11.6 Å². The van der Waals surface area contributed by atoms with Gasteiger partial charge in [-0.25, -0.2) is 4.98 Å². The Bertz CT molecular complexity index is 598. The van der Waals surface area contributed by atoms with E-state index in [1.54, 1.807) is 19.1 Å². The fraction of sp³-hybridized carbons (Fsp3) is 0.200. The van der Waals surface area contributed by atoms with Gasteiger partial charge in [-0.15, -0.1) is 0 Å². The van der Waals surface area contributed by atoms with Gasteiger partial charge >= 0.3 is 0 Å². The summed E-state index contributed by atoms with van der Waals surface area (Å²) in [6, 6.07) is 10.9. The first-order chi connectivity index (χ1) is 9.54. The molecule has 0 spiro atoms. The standard InChI is InChI=1S/C15H16ClN3O/c1-10-4-3-5-13(8-10)18-11(2)15(20)19-14-7-6-12(16)9-17-14/h3-9,11,18H,1-2H3,(H,17,19,20)/t11-/m0/s1. The molecular formula is C15H16ClN3O. The summed E-state index contributed by atoms with van der Waals surface area (Å²) in [5, 5.41) is 6.42. The van der Waals surface area contributed by atoms with Crippen LogP contribution in [0.15, 0.2) is 42.6 Å². The van der Waals surface area contributed by atoms with Crippen LogP contribution in [0.3, 0.4) is 0 Å². The molecule has 2 aromatic rings. The number of halogens is 1. The lowest BCUT2D eigenvalue weighted by Crippen LogP contribution is -2.32. The van der Waals surface area contributed by atoms with Crippen molar-refractivity contribution in [3.05, 3.63) is 53.2 Å². The minimum absolute atomic E-state index is 0.152. The average molecular weight is 290 g/mol. The third kappa shape index (κ3) is 3.96. The van der Waals surface area contributed by atoms with Crippen LogP contribution in [0.5, 0.6) is 0 Å². The molecule has 1 amide bonds. The zero-order valence-electron chi connectivity index (χ0n) is 11.4. The lowest BCUT2D eigenvalue weighted by Gasteiger charge is -2.15. The molecule has 0 bridgehead atoms. The van der Waals surface area contributed by atoms with Gasteiger partial charge in [-0.3, -0.25) is 4.79 Å². The van der Waals surface area contributed by atoms with E-state index in [0.717, 1.165) is 11.3 Å². The SMILES string of the molecule is Cc1cccc(N[C@@H](C)C(=O)Nc2ccc(Cl)cn2)c1. The molecule has 0 saturated carbocycles. The molecule has 1 aromatic carbocycles. The zero-order valence-corrected chi connectivity index (χ0v) is 12.1. The number of aromatic nitrogens is 1. The predicted octanol–water partition coefficient (Wildman–Crippen LogP) is 3.48. The van der Waals surface area contributed by atoms with Crippen LogP contribution in [0.25, 0.3) is 0 Å². The number of hydrogen-bond acceptors (Lipinski definition) is 3. The Kier molecular flexibility index (Phi) is 4.58. The van der Waals surface area contributed by atoms with Crippen LogP contribution in [-0.4, -0.2) is 16.9 Å². The average Bonchev–Trinajstić information content (AvgIpc) is 2.41. The molecule has 0 aliphatic carbocycles. The lowest BCUT2D eigenvalue weighted by atomic mass is 10.2. The highest BCUT2D eigenvalue weighted by Crippen LogP contribution is 2.13. The van der Waals surface area contributed by atoms with Crippen LogP contribution < -0.4 is 10.6 Å². The molecular weight excluding hydrogens is 274 g/mol. The first-order valence-electron chi connectivity index (χ1n) is 6.30. The van der Waals surface area contributed by atoms with Crippen LogP contribution in [-0.2, 0) is 4.79 Å². The van der Waals surface area contributed by atoms with Gasteiger partial charge in [0.1, 0.15) is 11.9 Å². The summed E-state index contributed by atoms with van der Waals surface area (Å²) in [6.07, 6.45) is 1.50. The lowest BCUT2D eigenvalue weighted by molar-refractivity contribution is -0.116. The van der Waals surface area contributed by atoms with Gasteiger partial charge in [0.2, 0.25) is 5.91 Å². The topological polar surface area (TPSA) is 54.0 Å². The van der Waals surface area contributed by atoms with Gasteiger partial charge in [-0.1, -0.05) is 23.7 Å². The number of anilines is 2. The molecule has 2 rings (SSSR count). The van der Waals surface area contributed by atoms with Crippen molar-refractivity contribution in [2.45, 2.75) is 19.9 Å². The minimum Gasteiger partial charge on any atom is -0.374 e. The van der Waals surface area contributed by atoms with Crippen LogP contribution in [0.4, 0.5) is 11.5 Å². The summed E-state index contributed by atoms with van der Waals surface area (Å²) in [6.45, 7) is 3.81. The van der Waals surface area contributed by atoms with E-state index >= 15 is 0 Å². The smallest absolute Gasteiger partial charge is 0.247 e. The van der Waals surface area contributed by atoms with Gasteiger partial charge in [0.15, 0.2) is 0 Å². The highest BCUT2D eigenvalue weighted by molar-refractivity contribution is 6.30. The molecule has 0 fully saturated rings. The maximum absolute atomic E-state index is 12.0. The number of aryl methyl sites for hydroxylation is 1. The van der Waals surface area contributed by atoms with Crippen molar-refractivity contribution in [1.29, 1.82) is 0 Å². The van der Waals surface area contributed by atoms with Crippen LogP contribution in [0, 0.1) is 6.92 Å². The third-order valence-corrected chi connectivity index (χ3v) is 3.00. The molecule has 0 aliphatic rings. The predicted molar refractivity (Wildman–Crippen MR) is 82.1 cm³/mol. The molecule has 0 radical (unpaired) electrons. The Morgan fingerprint density at radius 2 is 2.10 bits per heavy atom. The maximum atomic E-state index is 12.0. The number of benzene rings is 1.